The molecule has 130 valence electrons. The molecule has 1 unspecified atom stereocenters. The number of ether oxygens (including phenoxy) is 1. The SMILES string of the molecule is COc1cc(S(=O)(=O)NC(C)(CN)CC(C)C)ccc1[N+](=O)[O-]. The quantitative estimate of drug-likeness (QED) is 0.545. The van der Waals surface area contributed by atoms with Gasteiger partial charge in [0.15, 0.2) is 5.75 Å². The first-order valence-corrected chi connectivity index (χ1v) is 8.59. The van der Waals surface area contributed by atoms with Crippen LogP contribution < -0.4 is 15.2 Å². The van der Waals surface area contributed by atoms with E-state index in [1.165, 1.54) is 13.2 Å². The van der Waals surface area contributed by atoms with Crippen LogP contribution in [0.4, 0.5) is 5.69 Å². The van der Waals surface area contributed by atoms with Gasteiger partial charge in [-0.1, -0.05) is 13.8 Å². The van der Waals surface area contributed by atoms with Crippen molar-refractivity contribution in [3.05, 3.63) is 28.3 Å². The number of nitrogens with zero attached hydrogens (tertiary/aromatic N) is 1. The van der Waals surface area contributed by atoms with E-state index in [4.69, 9.17) is 10.5 Å². The number of rotatable bonds is 8. The number of nitrogens with two attached hydrogens (primary N) is 1. The summed E-state index contributed by atoms with van der Waals surface area (Å²) in [5.41, 5.74) is 4.62. The van der Waals surface area contributed by atoms with Crippen LogP contribution in [0.25, 0.3) is 0 Å². The van der Waals surface area contributed by atoms with Crippen LogP contribution in [0.15, 0.2) is 23.1 Å². The van der Waals surface area contributed by atoms with Crippen molar-refractivity contribution in [1.29, 1.82) is 0 Å². The van der Waals surface area contributed by atoms with E-state index in [9.17, 15) is 18.5 Å². The standard InChI is InChI=1S/C14H23N3O5S/c1-10(2)8-14(3,9-15)16-23(20,21)11-5-6-12(17(18)19)13(7-11)22-4/h5-7,10,16H,8-9,15H2,1-4H3. The van der Waals surface area contributed by atoms with Crippen LogP contribution in [-0.4, -0.2) is 32.5 Å². The summed E-state index contributed by atoms with van der Waals surface area (Å²) < 4.78 is 32.6. The van der Waals surface area contributed by atoms with E-state index < -0.39 is 20.5 Å². The Morgan fingerprint density at radius 2 is 2.04 bits per heavy atom. The summed E-state index contributed by atoms with van der Waals surface area (Å²) in [6, 6.07) is 3.41. The maximum absolute atomic E-state index is 12.5. The van der Waals surface area contributed by atoms with Gasteiger partial charge < -0.3 is 10.5 Å². The Bertz CT molecular complexity index is 675. The summed E-state index contributed by atoms with van der Waals surface area (Å²) in [5.74, 6) is 0.133. The van der Waals surface area contributed by atoms with Gasteiger partial charge in [0.05, 0.1) is 16.9 Å². The zero-order valence-electron chi connectivity index (χ0n) is 13.7. The van der Waals surface area contributed by atoms with Crippen LogP contribution in [0.5, 0.6) is 5.75 Å². The third-order valence-electron chi connectivity index (χ3n) is 3.35. The van der Waals surface area contributed by atoms with E-state index in [0.29, 0.717) is 6.42 Å². The van der Waals surface area contributed by atoms with Crippen molar-refractivity contribution >= 4 is 15.7 Å². The van der Waals surface area contributed by atoms with Gasteiger partial charge in [-0.25, -0.2) is 13.1 Å². The molecule has 0 aliphatic carbocycles. The first kappa shape index (κ1) is 19.3. The number of methoxy groups -OCH3 is 1. The molecule has 1 aromatic carbocycles. The van der Waals surface area contributed by atoms with Gasteiger partial charge in [-0.05, 0) is 25.3 Å². The van der Waals surface area contributed by atoms with Crippen molar-refractivity contribution in [3.8, 4) is 5.75 Å². The second kappa shape index (κ2) is 7.24. The number of nitrogens with one attached hydrogen (secondary N) is 1. The third-order valence-corrected chi connectivity index (χ3v) is 4.98. The highest BCUT2D eigenvalue weighted by Gasteiger charge is 2.31. The average molecular weight is 345 g/mol. The Morgan fingerprint density at radius 1 is 1.43 bits per heavy atom. The van der Waals surface area contributed by atoms with Gasteiger partial charge in [0.2, 0.25) is 10.0 Å². The number of sulfonamides is 1. The van der Waals surface area contributed by atoms with E-state index >= 15 is 0 Å². The van der Waals surface area contributed by atoms with Crippen molar-refractivity contribution < 1.29 is 18.1 Å². The van der Waals surface area contributed by atoms with Gasteiger partial charge in [-0.15, -0.1) is 0 Å². The molecule has 0 saturated heterocycles. The molecule has 1 aromatic rings. The molecular formula is C14H23N3O5S. The molecule has 23 heavy (non-hydrogen) atoms. The highest BCUT2D eigenvalue weighted by molar-refractivity contribution is 7.89. The zero-order valence-corrected chi connectivity index (χ0v) is 14.5. The minimum absolute atomic E-state index is 0.108. The van der Waals surface area contributed by atoms with Crippen LogP contribution >= 0.6 is 0 Å². The molecule has 0 aliphatic rings. The molecule has 9 heteroatoms. The largest absolute Gasteiger partial charge is 0.490 e. The predicted molar refractivity (Wildman–Crippen MR) is 86.9 cm³/mol. The number of hydrogen-bond donors (Lipinski definition) is 2. The Labute approximate surface area is 136 Å². The Balaban J connectivity index is 3.20. The van der Waals surface area contributed by atoms with Gasteiger partial charge in [-0.3, -0.25) is 10.1 Å². The lowest BCUT2D eigenvalue weighted by molar-refractivity contribution is -0.385. The molecular weight excluding hydrogens is 322 g/mol. The van der Waals surface area contributed by atoms with Crippen molar-refractivity contribution in [2.24, 2.45) is 11.7 Å². The van der Waals surface area contributed by atoms with Crippen LogP contribution in [0.3, 0.4) is 0 Å². The molecule has 0 bridgehead atoms. The topological polar surface area (TPSA) is 125 Å². The molecule has 0 heterocycles. The van der Waals surface area contributed by atoms with Gasteiger partial charge >= 0.3 is 5.69 Å². The second-order valence-corrected chi connectivity index (χ2v) is 7.74. The number of benzene rings is 1. The molecule has 0 aromatic heterocycles. The van der Waals surface area contributed by atoms with E-state index in [1.54, 1.807) is 6.92 Å². The maximum atomic E-state index is 12.5. The normalized spacial score (nSPS) is 14.5. The van der Waals surface area contributed by atoms with Crippen molar-refractivity contribution in [2.75, 3.05) is 13.7 Å². The highest BCUT2D eigenvalue weighted by atomic mass is 32.2. The van der Waals surface area contributed by atoms with Crippen molar-refractivity contribution in [2.45, 2.75) is 37.6 Å². The minimum atomic E-state index is -3.88. The molecule has 0 spiro atoms. The molecule has 1 rings (SSSR count). The maximum Gasteiger partial charge on any atom is 0.310 e. The van der Waals surface area contributed by atoms with Crippen LogP contribution in [0.2, 0.25) is 0 Å². The first-order chi connectivity index (χ1) is 10.5. The van der Waals surface area contributed by atoms with E-state index in [1.807, 2.05) is 13.8 Å². The lowest BCUT2D eigenvalue weighted by atomic mass is 9.92. The fourth-order valence-corrected chi connectivity index (χ4v) is 3.87. The lowest BCUT2D eigenvalue weighted by Crippen LogP contribution is -2.51. The van der Waals surface area contributed by atoms with Crippen LogP contribution in [-0.2, 0) is 10.0 Å². The van der Waals surface area contributed by atoms with Gasteiger partial charge in [0.25, 0.3) is 0 Å². The fraction of sp³-hybridized carbons (Fsp3) is 0.571. The van der Waals surface area contributed by atoms with E-state index in [2.05, 4.69) is 4.72 Å². The number of nitro groups is 1. The summed E-state index contributed by atoms with van der Waals surface area (Å²) >= 11 is 0. The molecule has 0 aliphatic heterocycles. The Kier molecular flexibility index (Phi) is 6.09. The Hall–Kier alpha value is -1.71. The van der Waals surface area contributed by atoms with E-state index in [0.717, 1.165) is 12.1 Å². The molecule has 0 amide bonds. The van der Waals surface area contributed by atoms with Gasteiger partial charge in [0.1, 0.15) is 0 Å². The molecule has 0 radical (unpaired) electrons. The fourth-order valence-electron chi connectivity index (χ4n) is 2.43. The monoisotopic (exact) mass is 345 g/mol. The minimum Gasteiger partial charge on any atom is -0.490 e. The van der Waals surface area contributed by atoms with E-state index in [-0.39, 0.29) is 28.8 Å². The molecule has 1 atom stereocenters. The summed E-state index contributed by atoms with van der Waals surface area (Å²) in [4.78, 5) is 10.1. The highest BCUT2D eigenvalue weighted by Crippen LogP contribution is 2.30. The molecule has 0 saturated carbocycles. The summed E-state index contributed by atoms with van der Waals surface area (Å²) in [7, 11) is -2.64. The van der Waals surface area contributed by atoms with Crippen LogP contribution in [0, 0.1) is 16.0 Å². The molecule has 0 fully saturated rings. The zero-order chi connectivity index (χ0) is 17.8. The summed E-state index contributed by atoms with van der Waals surface area (Å²) in [6.07, 6.45) is 0.562. The number of hydrogen-bond acceptors (Lipinski definition) is 6. The lowest BCUT2D eigenvalue weighted by Gasteiger charge is -2.30. The third kappa shape index (κ3) is 4.88. The predicted octanol–water partition coefficient (Wildman–Crippen LogP) is 1.65. The summed E-state index contributed by atoms with van der Waals surface area (Å²) in [6.45, 7) is 5.80. The van der Waals surface area contributed by atoms with Crippen LogP contribution in [0.1, 0.15) is 27.2 Å². The second-order valence-electron chi connectivity index (χ2n) is 6.06. The van der Waals surface area contributed by atoms with Crippen molar-refractivity contribution in [1.82, 2.24) is 4.72 Å². The van der Waals surface area contributed by atoms with Gasteiger partial charge in [0, 0.05) is 24.2 Å². The van der Waals surface area contributed by atoms with Gasteiger partial charge in [-0.2, -0.15) is 0 Å². The number of nitro benzene ring substituents is 1. The summed E-state index contributed by atoms with van der Waals surface area (Å²) in [5, 5.41) is 10.9. The average Bonchev–Trinajstić information content (AvgIpc) is 2.44. The molecule has 3 N–H and O–H groups in total. The van der Waals surface area contributed by atoms with Crippen molar-refractivity contribution in [3.63, 3.8) is 0 Å². The smallest absolute Gasteiger partial charge is 0.310 e. The first-order valence-electron chi connectivity index (χ1n) is 7.11. The molecule has 8 nitrogen and oxygen atoms in total. The Morgan fingerprint density at radius 3 is 2.48 bits per heavy atom.